The number of aromatic nitrogens is 2. The van der Waals surface area contributed by atoms with Crippen LogP contribution >= 0.6 is 34.5 Å². The van der Waals surface area contributed by atoms with Crippen molar-refractivity contribution in [1.29, 1.82) is 0 Å². The molecule has 2 aromatic heterocycles. The molecule has 0 spiro atoms. The maximum atomic E-state index is 5.91. The number of thiophene rings is 1. The summed E-state index contributed by atoms with van der Waals surface area (Å²) >= 11 is 13.2. The summed E-state index contributed by atoms with van der Waals surface area (Å²) in [5, 5.41) is 2.70. The fourth-order valence-corrected chi connectivity index (χ4v) is 2.64. The standard InChI is InChI=1S/C8H6Cl2N2S/c1-2-4-3-13-6-5(4)11-8(10)12-7(6)9/h3H,2H2,1H3. The highest BCUT2D eigenvalue weighted by Crippen LogP contribution is 2.30. The molecule has 0 N–H and O–H groups in total. The minimum Gasteiger partial charge on any atom is -0.217 e. The van der Waals surface area contributed by atoms with Crippen molar-refractivity contribution in [3.8, 4) is 0 Å². The normalized spacial score (nSPS) is 11.0. The van der Waals surface area contributed by atoms with E-state index in [1.807, 2.05) is 5.38 Å². The van der Waals surface area contributed by atoms with Crippen LogP contribution in [0.1, 0.15) is 12.5 Å². The second-order valence-corrected chi connectivity index (χ2v) is 4.15. The van der Waals surface area contributed by atoms with Crippen LogP contribution in [0, 0.1) is 0 Å². The Morgan fingerprint density at radius 2 is 2.15 bits per heavy atom. The lowest BCUT2D eigenvalue weighted by Gasteiger charge is -1.95. The predicted molar refractivity (Wildman–Crippen MR) is 56.8 cm³/mol. The van der Waals surface area contributed by atoms with Crippen molar-refractivity contribution < 1.29 is 0 Å². The number of halogens is 2. The molecule has 0 amide bonds. The first kappa shape index (κ1) is 9.19. The second kappa shape index (κ2) is 3.40. The maximum Gasteiger partial charge on any atom is 0.224 e. The molecule has 0 aromatic carbocycles. The number of hydrogen-bond acceptors (Lipinski definition) is 3. The van der Waals surface area contributed by atoms with Gasteiger partial charge in [0.15, 0.2) is 5.15 Å². The average molecular weight is 233 g/mol. The lowest BCUT2D eigenvalue weighted by Crippen LogP contribution is -1.85. The molecule has 68 valence electrons. The lowest BCUT2D eigenvalue weighted by atomic mass is 10.2. The number of hydrogen-bond donors (Lipinski definition) is 0. The molecule has 0 aliphatic carbocycles. The molecule has 0 saturated carbocycles. The van der Waals surface area contributed by atoms with Crippen molar-refractivity contribution in [3.63, 3.8) is 0 Å². The SMILES string of the molecule is CCc1csc2c(Cl)nc(Cl)nc12. The molecule has 2 rings (SSSR count). The zero-order valence-corrected chi connectivity index (χ0v) is 9.17. The minimum atomic E-state index is 0.214. The minimum absolute atomic E-state index is 0.214. The van der Waals surface area contributed by atoms with Crippen LogP contribution in [0.15, 0.2) is 5.38 Å². The molecule has 2 nitrogen and oxygen atoms in total. The summed E-state index contributed by atoms with van der Waals surface area (Å²) in [4.78, 5) is 8.03. The number of nitrogens with zero attached hydrogens (tertiary/aromatic N) is 2. The Hall–Kier alpha value is -0.380. The van der Waals surface area contributed by atoms with E-state index in [9.17, 15) is 0 Å². The number of rotatable bonds is 1. The van der Waals surface area contributed by atoms with E-state index in [0.717, 1.165) is 16.6 Å². The van der Waals surface area contributed by atoms with Gasteiger partial charge in [0.05, 0.1) is 10.2 Å². The molecule has 0 fully saturated rings. The monoisotopic (exact) mass is 232 g/mol. The van der Waals surface area contributed by atoms with E-state index in [1.165, 1.54) is 5.56 Å². The van der Waals surface area contributed by atoms with Crippen LogP contribution < -0.4 is 0 Å². The Balaban J connectivity index is 2.82. The van der Waals surface area contributed by atoms with Crippen LogP contribution in [0.3, 0.4) is 0 Å². The molecule has 0 aliphatic heterocycles. The van der Waals surface area contributed by atoms with Gasteiger partial charge in [-0.2, -0.15) is 0 Å². The maximum absolute atomic E-state index is 5.91. The van der Waals surface area contributed by atoms with E-state index in [4.69, 9.17) is 23.2 Å². The molecule has 2 heterocycles. The Bertz CT molecular complexity index is 453. The Morgan fingerprint density at radius 3 is 2.85 bits per heavy atom. The first-order valence-corrected chi connectivity index (χ1v) is 5.45. The molecule has 5 heteroatoms. The fraction of sp³-hybridized carbons (Fsp3) is 0.250. The van der Waals surface area contributed by atoms with E-state index in [-0.39, 0.29) is 5.28 Å². The van der Waals surface area contributed by atoms with Crippen molar-refractivity contribution in [3.05, 3.63) is 21.4 Å². The zero-order chi connectivity index (χ0) is 9.42. The molecule has 0 saturated heterocycles. The molecule has 0 atom stereocenters. The van der Waals surface area contributed by atoms with Crippen LogP contribution in [0.4, 0.5) is 0 Å². The third-order valence-electron chi connectivity index (χ3n) is 1.80. The molecule has 0 unspecified atom stereocenters. The summed E-state index contributed by atoms with van der Waals surface area (Å²) in [5.74, 6) is 0. The third kappa shape index (κ3) is 1.52. The first-order valence-electron chi connectivity index (χ1n) is 3.81. The van der Waals surface area contributed by atoms with E-state index in [1.54, 1.807) is 11.3 Å². The summed E-state index contributed by atoms with van der Waals surface area (Å²) in [5.41, 5.74) is 2.06. The van der Waals surface area contributed by atoms with Crippen molar-refractivity contribution >= 4 is 44.8 Å². The Labute approximate surface area is 89.5 Å². The quantitative estimate of drug-likeness (QED) is 0.555. The molecular formula is C8H6Cl2N2S. The van der Waals surface area contributed by atoms with Gasteiger partial charge in [-0.25, -0.2) is 9.97 Å². The molecular weight excluding hydrogens is 227 g/mol. The highest BCUT2D eigenvalue weighted by molar-refractivity contribution is 7.18. The van der Waals surface area contributed by atoms with Crippen LogP contribution in [0.25, 0.3) is 10.2 Å². The van der Waals surface area contributed by atoms with Crippen molar-refractivity contribution in [2.75, 3.05) is 0 Å². The van der Waals surface area contributed by atoms with E-state index < -0.39 is 0 Å². The van der Waals surface area contributed by atoms with Gasteiger partial charge in [-0.05, 0) is 29.0 Å². The van der Waals surface area contributed by atoms with Gasteiger partial charge in [0, 0.05) is 0 Å². The van der Waals surface area contributed by atoms with Gasteiger partial charge in [0.1, 0.15) is 0 Å². The second-order valence-electron chi connectivity index (χ2n) is 2.58. The predicted octanol–water partition coefficient (Wildman–Crippen LogP) is 3.56. The van der Waals surface area contributed by atoms with Gasteiger partial charge in [-0.1, -0.05) is 18.5 Å². The Morgan fingerprint density at radius 1 is 1.38 bits per heavy atom. The van der Waals surface area contributed by atoms with Crippen LogP contribution in [-0.4, -0.2) is 9.97 Å². The van der Waals surface area contributed by atoms with Crippen molar-refractivity contribution in [2.45, 2.75) is 13.3 Å². The van der Waals surface area contributed by atoms with Crippen molar-refractivity contribution in [2.24, 2.45) is 0 Å². The van der Waals surface area contributed by atoms with E-state index in [2.05, 4.69) is 16.9 Å². The van der Waals surface area contributed by atoms with Gasteiger partial charge in [0.2, 0.25) is 5.28 Å². The van der Waals surface area contributed by atoms with Gasteiger partial charge >= 0.3 is 0 Å². The molecule has 13 heavy (non-hydrogen) atoms. The van der Waals surface area contributed by atoms with Gasteiger partial charge in [-0.15, -0.1) is 11.3 Å². The van der Waals surface area contributed by atoms with E-state index in [0.29, 0.717) is 5.15 Å². The average Bonchev–Trinajstić information content (AvgIpc) is 2.47. The lowest BCUT2D eigenvalue weighted by molar-refractivity contribution is 1.14. The smallest absolute Gasteiger partial charge is 0.217 e. The Kier molecular flexibility index (Phi) is 2.41. The molecule has 0 radical (unpaired) electrons. The summed E-state index contributed by atoms with van der Waals surface area (Å²) in [6.07, 6.45) is 0.934. The van der Waals surface area contributed by atoms with Crippen LogP contribution in [-0.2, 0) is 6.42 Å². The summed E-state index contributed by atoms with van der Waals surface area (Å²) in [7, 11) is 0. The van der Waals surface area contributed by atoms with Gasteiger partial charge in [0.25, 0.3) is 0 Å². The first-order chi connectivity index (χ1) is 6.22. The fourth-order valence-electron chi connectivity index (χ4n) is 1.16. The topological polar surface area (TPSA) is 25.8 Å². The number of fused-ring (bicyclic) bond motifs is 1. The van der Waals surface area contributed by atoms with Crippen LogP contribution in [0.5, 0.6) is 0 Å². The molecule has 0 aliphatic rings. The number of aryl methyl sites for hydroxylation is 1. The van der Waals surface area contributed by atoms with Gasteiger partial charge in [-0.3, -0.25) is 0 Å². The van der Waals surface area contributed by atoms with Crippen molar-refractivity contribution in [1.82, 2.24) is 9.97 Å². The largest absolute Gasteiger partial charge is 0.224 e. The molecule has 2 aromatic rings. The summed E-state index contributed by atoms with van der Waals surface area (Å²) < 4.78 is 0.919. The third-order valence-corrected chi connectivity index (χ3v) is 3.38. The van der Waals surface area contributed by atoms with E-state index >= 15 is 0 Å². The highest BCUT2D eigenvalue weighted by Gasteiger charge is 2.09. The zero-order valence-electron chi connectivity index (χ0n) is 6.84. The highest BCUT2D eigenvalue weighted by atomic mass is 35.5. The van der Waals surface area contributed by atoms with Crippen LogP contribution in [0.2, 0.25) is 10.4 Å². The van der Waals surface area contributed by atoms with Gasteiger partial charge < -0.3 is 0 Å². The summed E-state index contributed by atoms with van der Waals surface area (Å²) in [6.45, 7) is 2.07. The molecule has 0 bridgehead atoms. The summed E-state index contributed by atoms with van der Waals surface area (Å²) in [6, 6.07) is 0.